The summed E-state index contributed by atoms with van der Waals surface area (Å²) in [6.07, 6.45) is 4.02. The Morgan fingerprint density at radius 3 is 2.82 bits per heavy atom. The quantitative estimate of drug-likeness (QED) is 0.645. The molecule has 1 saturated heterocycles. The third-order valence-electron chi connectivity index (χ3n) is 4.57. The van der Waals surface area contributed by atoms with Crippen LogP contribution in [0.4, 0.5) is 4.39 Å². The molecule has 1 aliphatic heterocycles. The van der Waals surface area contributed by atoms with Crippen LogP contribution in [0.25, 0.3) is 0 Å². The highest BCUT2D eigenvalue weighted by atomic mass is 19.1. The van der Waals surface area contributed by atoms with Gasteiger partial charge in [-0.1, -0.05) is 18.2 Å². The number of rotatable bonds is 5. The molecule has 1 atom stereocenters. The van der Waals surface area contributed by atoms with Crippen molar-refractivity contribution in [2.45, 2.75) is 31.8 Å². The summed E-state index contributed by atoms with van der Waals surface area (Å²) in [6, 6.07) is 7.69. The Morgan fingerprint density at radius 1 is 1.27 bits per heavy atom. The largest absolute Gasteiger partial charge is 0.356 e. The number of likely N-dealkylation sites (tertiary alicyclic amines) is 1. The van der Waals surface area contributed by atoms with E-state index in [1.54, 1.807) is 19.2 Å². The van der Waals surface area contributed by atoms with Crippen molar-refractivity contribution in [2.75, 3.05) is 26.7 Å². The zero-order valence-electron chi connectivity index (χ0n) is 13.2. The molecular formula is C17H25FN4. The summed E-state index contributed by atoms with van der Waals surface area (Å²) < 4.78 is 13.6. The Kier molecular flexibility index (Phi) is 4.93. The van der Waals surface area contributed by atoms with Crippen molar-refractivity contribution in [2.24, 2.45) is 10.9 Å². The number of guanidine groups is 1. The monoisotopic (exact) mass is 304 g/mol. The van der Waals surface area contributed by atoms with Gasteiger partial charge in [-0.15, -0.1) is 0 Å². The van der Waals surface area contributed by atoms with Gasteiger partial charge in [-0.3, -0.25) is 4.99 Å². The predicted molar refractivity (Wildman–Crippen MR) is 87.3 cm³/mol. The zero-order valence-corrected chi connectivity index (χ0v) is 13.2. The van der Waals surface area contributed by atoms with E-state index >= 15 is 0 Å². The van der Waals surface area contributed by atoms with Crippen molar-refractivity contribution < 1.29 is 4.39 Å². The van der Waals surface area contributed by atoms with Crippen LogP contribution in [0.15, 0.2) is 29.3 Å². The maximum atomic E-state index is 13.6. The van der Waals surface area contributed by atoms with E-state index in [-0.39, 0.29) is 5.82 Å². The van der Waals surface area contributed by atoms with Crippen LogP contribution in [0.1, 0.15) is 24.8 Å². The highest BCUT2D eigenvalue weighted by Crippen LogP contribution is 2.31. The van der Waals surface area contributed by atoms with Crippen molar-refractivity contribution in [1.29, 1.82) is 0 Å². The van der Waals surface area contributed by atoms with Crippen LogP contribution in [0.2, 0.25) is 0 Å². The van der Waals surface area contributed by atoms with Crippen LogP contribution < -0.4 is 10.6 Å². The molecule has 120 valence electrons. The highest BCUT2D eigenvalue weighted by molar-refractivity contribution is 5.79. The summed E-state index contributed by atoms with van der Waals surface area (Å²) in [4.78, 5) is 6.83. The molecule has 3 rings (SSSR count). The van der Waals surface area contributed by atoms with E-state index in [0.717, 1.165) is 18.5 Å². The standard InChI is InChI=1S/C17H25FN4/c1-19-17(21-11-14-4-2-3-5-16(14)18)20-10-13-8-9-22(12-13)15-6-7-15/h2-5,13,15H,6-12H2,1H3,(H2,19,20,21). The van der Waals surface area contributed by atoms with Gasteiger partial charge >= 0.3 is 0 Å². The first-order chi connectivity index (χ1) is 10.8. The van der Waals surface area contributed by atoms with Crippen LogP contribution in [-0.2, 0) is 6.54 Å². The van der Waals surface area contributed by atoms with E-state index < -0.39 is 0 Å². The molecule has 22 heavy (non-hydrogen) atoms. The van der Waals surface area contributed by atoms with E-state index in [9.17, 15) is 4.39 Å². The fourth-order valence-electron chi connectivity index (χ4n) is 3.08. The molecule has 1 saturated carbocycles. The minimum absolute atomic E-state index is 0.179. The average Bonchev–Trinajstić information content (AvgIpc) is 3.28. The third-order valence-corrected chi connectivity index (χ3v) is 4.57. The Labute approximate surface area is 131 Å². The van der Waals surface area contributed by atoms with Gasteiger partial charge in [-0.05, 0) is 37.8 Å². The van der Waals surface area contributed by atoms with E-state index in [4.69, 9.17) is 0 Å². The maximum absolute atomic E-state index is 13.6. The molecule has 0 aromatic heterocycles. The highest BCUT2D eigenvalue weighted by Gasteiger charge is 2.34. The summed E-state index contributed by atoms with van der Waals surface area (Å²) in [5.41, 5.74) is 0.659. The van der Waals surface area contributed by atoms with Gasteiger partial charge in [0, 0.05) is 38.3 Å². The van der Waals surface area contributed by atoms with E-state index in [0.29, 0.717) is 18.0 Å². The predicted octanol–water partition coefficient (Wildman–Crippen LogP) is 1.97. The van der Waals surface area contributed by atoms with Crippen molar-refractivity contribution >= 4 is 5.96 Å². The van der Waals surface area contributed by atoms with Crippen molar-refractivity contribution in [3.63, 3.8) is 0 Å². The minimum atomic E-state index is -0.179. The van der Waals surface area contributed by atoms with Gasteiger partial charge < -0.3 is 15.5 Å². The Balaban J connectivity index is 1.41. The molecule has 0 spiro atoms. The summed E-state index contributed by atoms with van der Waals surface area (Å²) >= 11 is 0. The second kappa shape index (κ2) is 7.09. The first-order valence-corrected chi connectivity index (χ1v) is 8.18. The number of nitrogens with one attached hydrogen (secondary N) is 2. The summed E-state index contributed by atoms with van der Waals surface area (Å²) in [5.74, 6) is 1.25. The Morgan fingerprint density at radius 2 is 2.09 bits per heavy atom. The Hall–Kier alpha value is -1.62. The molecule has 1 aliphatic carbocycles. The lowest BCUT2D eigenvalue weighted by Gasteiger charge is -2.17. The number of halogens is 1. The van der Waals surface area contributed by atoms with Gasteiger partial charge in [0.25, 0.3) is 0 Å². The normalized spacial score (nSPS) is 22.8. The number of hydrogen-bond donors (Lipinski definition) is 2. The molecule has 1 unspecified atom stereocenters. The van der Waals surface area contributed by atoms with Crippen molar-refractivity contribution in [3.8, 4) is 0 Å². The fraction of sp³-hybridized carbons (Fsp3) is 0.588. The molecule has 2 aliphatic rings. The molecule has 2 N–H and O–H groups in total. The van der Waals surface area contributed by atoms with Gasteiger partial charge in [0.15, 0.2) is 5.96 Å². The number of aliphatic imine (C=N–C) groups is 1. The van der Waals surface area contributed by atoms with E-state index in [1.165, 1.54) is 38.4 Å². The SMILES string of the molecule is CN=C(NCc1ccccc1F)NCC1CCN(C2CC2)C1. The number of hydrogen-bond acceptors (Lipinski definition) is 2. The lowest BCUT2D eigenvalue weighted by atomic mass is 10.1. The van der Waals surface area contributed by atoms with Crippen molar-refractivity contribution in [3.05, 3.63) is 35.6 Å². The fourth-order valence-corrected chi connectivity index (χ4v) is 3.08. The van der Waals surface area contributed by atoms with Gasteiger partial charge in [-0.2, -0.15) is 0 Å². The zero-order chi connectivity index (χ0) is 15.4. The summed E-state index contributed by atoms with van der Waals surface area (Å²) in [5, 5.41) is 6.55. The van der Waals surface area contributed by atoms with Gasteiger partial charge in [0.1, 0.15) is 5.82 Å². The van der Waals surface area contributed by atoms with Crippen LogP contribution in [0, 0.1) is 11.7 Å². The molecule has 2 fully saturated rings. The summed E-state index contributed by atoms with van der Waals surface area (Å²) in [7, 11) is 1.75. The van der Waals surface area contributed by atoms with Crippen LogP contribution in [0.5, 0.6) is 0 Å². The second-order valence-electron chi connectivity index (χ2n) is 6.28. The first kappa shape index (κ1) is 15.3. The smallest absolute Gasteiger partial charge is 0.191 e. The molecule has 1 aromatic carbocycles. The van der Waals surface area contributed by atoms with Crippen LogP contribution >= 0.6 is 0 Å². The first-order valence-electron chi connectivity index (χ1n) is 8.18. The molecule has 0 radical (unpaired) electrons. The molecule has 5 heteroatoms. The summed E-state index contributed by atoms with van der Waals surface area (Å²) in [6.45, 7) is 3.81. The molecule has 0 bridgehead atoms. The van der Waals surface area contributed by atoms with Gasteiger partial charge in [-0.25, -0.2) is 4.39 Å². The molecule has 0 amide bonds. The molecule has 1 aromatic rings. The number of nitrogens with zero attached hydrogens (tertiary/aromatic N) is 2. The third kappa shape index (κ3) is 3.97. The maximum Gasteiger partial charge on any atom is 0.191 e. The molecule has 4 nitrogen and oxygen atoms in total. The van der Waals surface area contributed by atoms with Crippen molar-refractivity contribution in [1.82, 2.24) is 15.5 Å². The van der Waals surface area contributed by atoms with E-state index in [1.807, 2.05) is 6.07 Å². The molecular weight excluding hydrogens is 279 g/mol. The number of benzene rings is 1. The van der Waals surface area contributed by atoms with Gasteiger partial charge in [0.05, 0.1) is 0 Å². The lowest BCUT2D eigenvalue weighted by Crippen LogP contribution is -2.40. The minimum Gasteiger partial charge on any atom is -0.356 e. The Bertz CT molecular complexity index is 527. The molecule has 1 heterocycles. The lowest BCUT2D eigenvalue weighted by molar-refractivity contribution is 0.314. The topological polar surface area (TPSA) is 39.7 Å². The van der Waals surface area contributed by atoms with E-state index in [2.05, 4.69) is 20.5 Å². The van der Waals surface area contributed by atoms with Crippen LogP contribution in [-0.4, -0.2) is 43.6 Å². The average molecular weight is 304 g/mol. The van der Waals surface area contributed by atoms with Gasteiger partial charge in [0.2, 0.25) is 0 Å². The second-order valence-corrected chi connectivity index (χ2v) is 6.28. The van der Waals surface area contributed by atoms with Crippen LogP contribution in [0.3, 0.4) is 0 Å².